The Balaban J connectivity index is 1.77. The third-order valence-corrected chi connectivity index (χ3v) is 3.80. The van der Waals surface area contributed by atoms with E-state index in [9.17, 15) is 4.79 Å². The third-order valence-electron chi connectivity index (χ3n) is 3.80. The van der Waals surface area contributed by atoms with Gasteiger partial charge in [0.15, 0.2) is 0 Å². The molecule has 3 N–H and O–H groups in total. The van der Waals surface area contributed by atoms with Gasteiger partial charge in [-0.2, -0.15) is 0 Å². The van der Waals surface area contributed by atoms with Gasteiger partial charge in [0.2, 0.25) is 5.91 Å². The zero-order valence-corrected chi connectivity index (χ0v) is 11.9. The number of nitrogens with two attached hydrogens (primary N) is 1. The quantitative estimate of drug-likeness (QED) is 0.773. The summed E-state index contributed by atoms with van der Waals surface area (Å²) in [6, 6.07) is 7.50. The van der Waals surface area contributed by atoms with Crippen molar-refractivity contribution in [3.8, 4) is 0 Å². The molecule has 3 nitrogen and oxygen atoms in total. The minimum Gasteiger partial charge on any atom is -0.399 e. The number of carbonyl (C=O) groups excluding carboxylic acids is 1. The van der Waals surface area contributed by atoms with Gasteiger partial charge in [0.25, 0.3) is 0 Å². The van der Waals surface area contributed by atoms with E-state index in [1.165, 1.54) is 19.3 Å². The van der Waals surface area contributed by atoms with E-state index in [1.54, 1.807) is 0 Å². The van der Waals surface area contributed by atoms with Crippen molar-refractivity contribution in [3.05, 3.63) is 29.8 Å². The van der Waals surface area contributed by atoms with E-state index >= 15 is 0 Å². The number of nitrogen functional groups attached to an aromatic ring is 1. The van der Waals surface area contributed by atoms with Crippen LogP contribution in [0.1, 0.15) is 38.7 Å². The van der Waals surface area contributed by atoms with Crippen molar-refractivity contribution in [3.63, 3.8) is 0 Å². The van der Waals surface area contributed by atoms with Crippen molar-refractivity contribution in [2.75, 3.05) is 12.3 Å². The van der Waals surface area contributed by atoms with E-state index in [4.69, 9.17) is 5.73 Å². The molecule has 0 bridgehead atoms. The van der Waals surface area contributed by atoms with Crippen LogP contribution in [0.3, 0.4) is 0 Å². The standard InChI is InChI=1S/C16H24N2O/c1-12(2)10-16(7-8-16)11-18-15(19)9-13-3-5-14(17)6-4-13/h3-6,12H,7-11,17H2,1-2H3,(H,18,19). The molecule has 0 spiro atoms. The lowest BCUT2D eigenvalue weighted by atomic mass is 9.94. The Morgan fingerprint density at radius 3 is 2.47 bits per heavy atom. The number of rotatable bonds is 6. The van der Waals surface area contributed by atoms with E-state index in [0.717, 1.165) is 17.8 Å². The van der Waals surface area contributed by atoms with Gasteiger partial charge in [-0.3, -0.25) is 4.79 Å². The first-order chi connectivity index (χ1) is 8.99. The van der Waals surface area contributed by atoms with E-state index in [-0.39, 0.29) is 5.91 Å². The first-order valence-corrected chi connectivity index (χ1v) is 7.10. The molecule has 1 aliphatic carbocycles. The SMILES string of the molecule is CC(C)CC1(CNC(=O)Cc2ccc(N)cc2)CC1. The number of nitrogens with one attached hydrogen (secondary N) is 1. The molecule has 1 saturated carbocycles. The second-order valence-electron chi connectivity index (χ2n) is 6.29. The lowest BCUT2D eigenvalue weighted by molar-refractivity contribution is -0.120. The predicted octanol–water partition coefficient (Wildman–Crippen LogP) is 2.75. The van der Waals surface area contributed by atoms with Crippen LogP contribution in [0.2, 0.25) is 0 Å². The van der Waals surface area contributed by atoms with Crippen molar-refractivity contribution in [1.29, 1.82) is 0 Å². The summed E-state index contributed by atoms with van der Waals surface area (Å²) in [4.78, 5) is 11.9. The molecule has 3 heteroatoms. The largest absolute Gasteiger partial charge is 0.399 e. The van der Waals surface area contributed by atoms with Crippen LogP contribution in [-0.2, 0) is 11.2 Å². The number of carbonyl (C=O) groups is 1. The predicted molar refractivity (Wildman–Crippen MR) is 78.7 cm³/mol. The van der Waals surface area contributed by atoms with Crippen molar-refractivity contribution in [2.24, 2.45) is 11.3 Å². The number of hydrogen-bond donors (Lipinski definition) is 2. The smallest absolute Gasteiger partial charge is 0.224 e. The Morgan fingerprint density at radius 2 is 1.95 bits per heavy atom. The maximum Gasteiger partial charge on any atom is 0.224 e. The molecule has 104 valence electrons. The van der Waals surface area contributed by atoms with Gasteiger partial charge in [0.1, 0.15) is 0 Å². The third kappa shape index (κ3) is 4.27. The average Bonchev–Trinajstić information content (AvgIpc) is 3.09. The second-order valence-corrected chi connectivity index (χ2v) is 6.29. The normalized spacial score (nSPS) is 16.4. The van der Waals surface area contributed by atoms with Crippen molar-refractivity contribution in [1.82, 2.24) is 5.32 Å². The highest BCUT2D eigenvalue weighted by atomic mass is 16.1. The Bertz CT molecular complexity index is 433. The lowest BCUT2D eigenvalue weighted by Crippen LogP contribution is -2.32. The van der Waals surface area contributed by atoms with Crippen LogP contribution < -0.4 is 11.1 Å². The molecule has 0 aliphatic heterocycles. The number of amides is 1. The number of anilines is 1. The van der Waals surface area contributed by atoms with E-state index in [1.807, 2.05) is 24.3 Å². The first kappa shape index (κ1) is 13.9. The summed E-state index contributed by atoms with van der Waals surface area (Å²) in [6.07, 6.45) is 4.17. The van der Waals surface area contributed by atoms with Crippen LogP contribution in [0, 0.1) is 11.3 Å². The molecule has 0 saturated heterocycles. The molecular weight excluding hydrogens is 236 g/mol. The summed E-state index contributed by atoms with van der Waals surface area (Å²) in [7, 11) is 0. The zero-order chi connectivity index (χ0) is 13.9. The molecule has 1 amide bonds. The number of benzene rings is 1. The zero-order valence-electron chi connectivity index (χ0n) is 11.9. The van der Waals surface area contributed by atoms with Gasteiger partial charge in [0.05, 0.1) is 6.42 Å². The Morgan fingerprint density at radius 1 is 1.32 bits per heavy atom. The monoisotopic (exact) mass is 260 g/mol. The highest BCUT2D eigenvalue weighted by molar-refractivity contribution is 5.78. The van der Waals surface area contributed by atoms with Crippen molar-refractivity contribution >= 4 is 11.6 Å². The van der Waals surface area contributed by atoms with Crippen LogP contribution in [0.4, 0.5) is 5.69 Å². The Hall–Kier alpha value is -1.51. The Labute approximate surface area is 115 Å². The van der Waals surface area contributed by atoms with Crippen molar-refractivity contribution in [2.45, 2.75) is 39.5 Å². The highest BCUT2D eigenvalue weighted by Crippen LogP contribution is 2.49. The second kappa shape index (κ2) is 5.64. The van der Waals surface area contributed by atoms with Gasteiger partial charge >= 0.3 is 0 Å². The van der Waals surface area contributed by atoms with Crippen LogP contribution in [0.5, 0.6) is 0 Å². The van der Waals surface area contributed by atoms with Gasteiger partial charge in [0, 0.05) is 12.2 Å². The van der Waals surface area contributed by atoms with E-state index < -0.39 is 0 Å². The number of hydrogen-bond acceptors (Lipinski definition) is 2. The molecule has 0 aromatic heterocycles. The van der Waals surface area contributed by atoms with E-state index in [2.05, 4.69) is 19.2 Å². The molecule has 1 aromatic rings. The van der Waals surface area contributed by atoms with Crippen LogP contribution in [0.25, 0.3) is 0 Å². The van der Waals surface area contributed by atoms with Crippen molar-refractivity contribution < 1.29 is 4.79 Å². The van der Waals surface area contributed by atoms with Gasteiger partial charge in [-0.15, -0.1) is 0 Å². The summed E-state index contributed by atoms with van der Waals surface area (Å²) < 4.78 is 0. The molecule has 0 unspecified atom stereocenters. The molecule has 1 fully saturated rings. The fourth-order valence-electron chi connectivity index (χ4n) is 2.67. The summed E-state index contributed by atoms with van der Waals surface area (Å²) in [5.74, 6) is 0.816. The van der Waals surface area contributed by atoms with Gasteiger partial charge in [-0.05, 0) is 48.3 Å². The molecular formula is C16H24N2O. The van der Waals surface area contributed by atoms with Crippen LogP contribution in [0.15, 0.2) is 24.3 Å². The highest BCUT2D eigenvalue weighted by Gasteiger charge is 2.42. The summed E-state index contributed by atoms with van der Waals surface area (Å²) in [5, 5.41) is 3.08. The summed E-state index contributed by atoms with van der Waals surface area (Å²) in [5.41, 5.74) is 7.77. The maximum absolute atomic E-state index is 11.9. The summed E-state index contributed by atoms with van der Waals surface area (Å²) in [6.45, 7) is 5.32. The summed E-state index contributed by atoms with van der Waals surface area (Å²) >= 11 is 0. The van der Waals surface area contributed by atoms with Crippen LogP contribution >= 0.6 is 0 Å². The topological polar surface area (TPSA) is 55.1 Å². The maximum atomic E-state index is 11.9. The van der Waals surface area contributed by atoms with Crippen LogP contribution in [-0.4, -0.2) is 12.5 Å². The lowest BCUT2D eigenvalue weighted by Gasteiger charge is -2.18. The molecule has 1 aromatic carbocycles. The van der Waals surface area contributed by atoms with E-state index in [0.29, 0.717) is 17.8 Å². The first-order valence-electron chi connectivity index (χ1n) is 7.10. The fraction of sp³-hybridized carbons (Fsp3) is 0.562. The fourth-order valence-corrected chi connectivity index (χ4v) is 2.67. The average molecular weight is 260 g/mol. The molecule has 0 atom stereocenters. The molecule has 19 heavy (non-hydrogen) atoms. The molecule has 1 aliphatic rings. The minimum absolute atomic E-state index is 0.111. The molecule has 0 radical (unpaired) electrons. The Kier molecular flexibility index (Phi) is 4.13. The van der Waals surface area contributed by atoms with Gasteiger partial charge in [-0.1, -0.05) is 26.0 Å². The van der Waals surface area contributed by atoms with Gasteiger partial charge in [-0.25, -0.2) is 0 Å². The van der Waals surface area contributed by atoms with Gasteiger partial charge < -0.3 is 11.1 Å². The molecule has 0 heterocycles. The molecule has 2 rings (SSSR count). The minimum atomic E-state index is 0.111.